The van der Waals surface area contributed by atoms with Crippen molar-refractivity contribution in [3.8, 4) is 0 Å². The van der Waals surface area contributed by atoms with Gasteiger partial charge in [0.2, 0.25) is 0 Å². The van der Waals surface area contributed by atoms with E-state index in [0.717, 1.165) is 0 Å². The summed E-state index contributed by atoms with van der Waals surface area (Å²) in [5, 5.41) is 27.2. The molecule has 0 radical (unpaired) electrons. The second kappa shape index (κ2) is 4.35. The molecule has 1 aliphatic rings. The molecule has 14 heavy (non-hydrogen) atoms. The summed E-state index contributed by atoms with van der Waals surface area (Å²) in [6.07, 6.45) is -0.716. The van der Waals surface area contributed by atoms with E-state index in [9.17, 15) is 15.0 Å². The predicted molar refractivity (Wildman–Crippen MR) is 47.6 cm³/mol. The second-order valence-electron chi connectivity index (χ2n) is 3.76. The Bertz CT molecular complexity index is 217. The van der Waals surface area contributed by atoms with Crippen LogP contribution in [0.5, 0.6) is 0 Å². The zero-order chi connectivity index (χ0) is 10.8. The van der Waals surface area contributed by atoms with Gasteiger partial charge in [-0.2, -0.15) is 0 Å². The molecular weight excluding hydrogens is 188 g/mol. The summed E-state index contributed by atoms with van der Waals surface area (Å²) < 4.78 is 5.25. The summed E-state index contributed by atoms with van der Waals surface area (Å²) in [6.45, 7) is 0.962. The van der Waals surface area contributed by atoms with Gasteiger partial charge >= 0.3 is 0 Å². The van der Waals surface area contributed by atoms with Crippen LogP contribution in [0.4, 0.5) is 0 Å². The van der Waals surface area contributed by atoms with Crippen LogP contribution in [-0.4, -0.2) is 52.6 Å². The Hall–Kier alpha value is -0.490. The van der Waals surface area contributed by atoms with Crippen LogP contribution in [-0.2, 0) is 9.53 Å². The van der Waals surface area contributed by atoms with Gasteiger partial charge in [-0.3, -0.25) is 4.79 Å². The lowest BCUT2D eigenvalue weighted by Gasteiger charge is -2.30. The fourth-order valence-electron chi connectivity index (χ4n) is 1.72. The van der Waals surface area contributed by atoms with E-state index >= 15 is 0 Å². The molecule has 5 nitrogen and oxygen atoms in total. The minimum absolute atomic E-state index is 0.0573. The molecule has 1 rings (SSSR count). The van der Waals surface area contributed by atoms with Crippen LogP contribution >= 0.6 is 0 Å². The first kappa shape index (κ1) is 11.6. The van der Waals surface area contributed by atoms with Crippen LogP contribution in [0.2, 0.25) is 0 Å². The van der Waals surface area contributed by atoms with E-state index in [0.29, 0.717) is 0 Å². The number of ether oxygens (including phenoxy) is 1. The molecule has 0 amide bonds. The number of aliphatic hydroxyl groups excluding tert-OH is 3. The average molecular weight is 204 g/mol. The van der Waals surface area contributed by atoms with E-state index in [-0.39, 0.29) is 31.3 Å². The molecule has 0 aromatic heterocycles. The van der Waals surface area contributed by atoms with Crippen molar-refractivity contribution in [2.24, 2.45) is 5.92 Å². The lowest BCUT2D eigenvalue weighted by atomic mass is 9.84. The van der Waals surface area contributed by atoms with E-state index in [1.165, 1.54) is 0 Å². The topological polar surface area (TPSA) is 87.0 Å². The molecule has 82 valence electrons. The quantitative estimate of drug-likeness (QED) is 0.529. The lowest BCUT2D eigenvalue weighted by Crippen LogP contribution is -2.43. The number of ketones is 1. The number of carbonyl (C=O) groups is 1. The molecule has 0 spiro atoms. The van der Waals surface area contributed by atoms with Crippen LogP contribution in [0.3, 0.4) is 0 Å². The van der Waals surface area contributed by atoms with E-state index in [2.05, 4.69) is 0 Å². The van der Waals surface area contributed by atoms with E-state index < -0.39 is 18.3 Å². The third-order valence-electron chi connectivity index (χ3n) is 2.89. The highest BCUT2D eigenvalue weighted by Crippen LogP contribution is 2.34. The van der Waals surface area contributed by atoms with Gasteiger partial charge in [-0.15, -0.1) is 0 Å². The van der Waals surface area contributed by atoms with Crippen LogP contribution < -0.4 is 0 Å². The Morgan fingerprint density at radius 3 is 2.57 bits per heavy atom. The van der Waals surface area contributed by atoms with Crippen molar-refractivity contribution in [3.05, 3.63) is 0 Å². The summed E-state index contributed by atoms with van der Waals surface area (Å²) in [5.41, 5.74) is -1.01. The van der Waals surface area contributed by atoms with E-state index in [1.54, 1.807) is 6.92 Å². The number of carbonyl (C=O) groups excluding carboxylic acids is 1. The minimum Gasteiger partial charge on any atom is -0.393 e. The maximum atomic E-state index is 11.1. The lowest BCUT2D eigenvalue weighted by molar-refractivity contribution is -0.132. The number of aliphatic hydroxyl groups is 3. The molecular formula is C9H16O5. The molecule has 0 aromatic carbocycles. The molecule has 0 aromatic rings. The van der Waals surface area contributed by atoms with Gasteiger partial charge in [0.05, 0.1) is 19.3 Å². The van der Waals surface area contributed by atoms with Crippen LogP contribution in [0.1, 0.15) is 13.3 Å². The summed E-state index contributed by atoms with van der Waals surface area (Å²) >= 11 is 0. The normalized spacial score (nSPS) is 37.4. The number of Topliss-reactive ketones (excluding diaryl/α,β-unsaturated/α-hetero) is 1. The van der Waals surface area contributed by atoms with Crippen LogP contribution in [0, 0.1) is 5.92 Å². The van der Waals surface area contributed by atoms with Gasteiger partial charge in [0.1, 0.15) is 12.2 Å². The van der Waals surface area contributed by atoms with Crippen molar-refractivity contribution in [2.75, 3.05) is 19.8 Å². The highest BCUT2D eigenvalue weighted by molar-refractivity contribution is 5.80. The van der Waals surface area contributed by atoms with Crippen molar-refractivity contribution < 1.29 is 24.9 Å². The molecule has 0 saturated carbocycles. The molecule has 3 unspecified atom stereocenters. The largest absolute Gasteiger partial charge is 0.393 e. The zero-order valence-electron chi connectivity index (χ0n) is 8.14. The van der Waals surface area contributed by atoms with Gasteiger partial charge in [-0.05, 0) is 0 Å². The summed E-state index contributed by atoms with van der Waals surface area (Å²) in [6, 6.07) is 0. The first-order chi connectivity index (χ1) is 6.55. The van der Waals surface area contributed by atoms with Crippen molar-refractivity contribution in [3.63, 3.8) is 0 Å². The third-order valence-corrected chi connectivity index (χ3v) is 2.89. The molecule has 1 aliphatic heterocycles. The Morgan fingerprint density at radius 2 is 2.21 bits per heavy atom. The predicted octanol–water partition coefficient (Wildman–Crippen LogP) is -1.30. The molecule has 0 bridgehead atoms. The maximum absolute atomic E-state index is 11.1. The molecule has 1 heterocycles. The van der Waals surface area contributed by atoms with Gasteiger partial charge < -0.3 is 20.1 Å². The maximum Gasteiger partial charge on any atom is 0.161 e. The van der Waals surface area contributed by atoms with Gasteiger partial charge in [-0.1, -0.05) is 6.92 Å². The van der Waals surface area contributed by atoms with Crippen LogP contribution in [0.25, 0.3) is 0 Å². The number of hydrogen-bond donors (Lipinski definition) is 3. The zero-order valence-corrected chi connectivity index (χ0v) is 8.14. The highest BCUT2D eigenvalue weighted by atomic mass is 16.5. The Morgan fingerprint density at radius 1 is 1.57 bits per heavy atom. The highest BCUT2D eigenvalue weighted by Gasteiger charge is 2.47. The van der Waals surface area contributed by atoms with Crippen LogP contribution in [0.15, 0.2) is 0 Å². The van der Waals surface area contributed by atoms with E-state index in [1.807, 2.05) is 0 Å². The standard InChI is InChI=1S/C9H16O5/c1-6-8(13)4-14-9(6,5-11)2-7(12)3-10/h6,8,10-11,13H,2-5H2,1H3. The monoisotopic (exact) mass is 204 g/mol. The summed E-state index contributed by atoms with van der Waals surface area (Å²) in [4.78, 5) is 11.1. The number of rotatable bonds is 4. The Balaban J connectivity index is 2.72. The van der Waals surface area contributed by atoms with Crippen molar-refractivity contribution in [2.45, 2.75) is 25.0 Å². The molecule has 1 fully saturated rings. The van der Waals surface area contributed by atoms with Crippen molar-refractivity contribution in [1.82, 2.24) is 0 Å². The number of hydrogen-bond acceptors (Lipinski definition) is 5. The smallest absolute Gasteiger partial charge is 0.161 e. The van der Waals surface area contributed by atoms with Gasteiger partial charge in [0.25, 0.3) is 0 Å². The summed E-state index contributed by atoms with van der Waals surface area (Å²) in [5.74, 6) is -0.692. The fourth-order valence-corrected chi connectivity index (χ4v) is 1.72. The minimum atomic E-state index is -1.01. The first-order valence-corrected chi connectivity index (χ1v) is 4.61. The molecule has 3 N–H and O–H groups in total. The average Bonchev–Trinajstić information content (AvgIpc) is 2.47. The fraction of sp³-hybridized carbons (Fsp3) is 0.889. The van der Waals surface area contributed by atoms with Gasteiger partial charge in [-0.25, -0.2) is 0 Å². The summed E-state index contributed by atoms with van der Waals surface area (Å²) in [7, 11) is 0. The molecule has 0 aliphatic carbocycles. The van der Waals surface area contributed by atoms with E-state index in [4.69, 9.17) is 9.84 Å². The Labute approximate surface area is 82.3 Å². The van der Waals surface area contributed by atoms with Crippen molar-refractivity contribution >= 4 is 5.78 Å². The van der Waals surface area contributed by atoms with Crippen molar-refractivity contribution in [1.29, 1.82) is 0 Å². The van der Waals surface area contributed by atoms with Gasteiger partial charge in [0.15, 0.2) is 5.78 Å². The van der Waals surface area contributed by atoms with Gasteiger partial charge in [0, 0.05) is 12.3 Å². The first-order valence-electron chi connectivity index (χ1n) is 4.61. The molecule has 5 heteroatoms. The Kier molecular flexibility index (Phi) is 3.60. The molecule has 1 saturated heterocycles. The second-order valence-corrected chi connectivity index (χ2v) is 3.76. The SMILES string of the molecule is CC1C(O)COC1(CO)CC(=O)CO. The molecule has 3 atom stereocenters. The third kappa shape index (κ3) is 1.95.